The number of halogens is 6. The van der Waals surface area contributed by atoms with Crippen molar-refractivity contribution in [3.63, 3.8) is 0 Å². The topological polar surface area (TPSA) is 64.0 Å². The Morgan fingerprint density at radius 3 is 2.20 bits per heavy atom. The molecule has 2 aromatic heterocycles. The molecule has 0 unspecified atom stereocenters. The molecule has 3 aromatic carbocycles. The van der Waals surface area contributed by atoms with Gasteiger partial charge in [0.15, 0.2) is 0 Å². The second kappa shape index (κ2) is 11.5. The minimum absolute atomic E-state index is 0.169. The third-order valence-corrected chi connectivity index (χ3v) is 7.05. The van der Waals surface area contributed by atoms with Crippen LogP contribution in [0.1, 0.15) is 38.3 Å². The molecule has 0 radical (unpaired) electrons. The van der Waals surface area contributed by atoms with Gasteiger partial charge in [-0.2, -0.15) is 26.3 Å². The number of carbonyl (C=O) groups is 1. The highest BCUT2D eigenvalue weighted by Crippen LogP contribution is 2.31. The van der Waals surface area contributed by atoms with Gasteiger partial charge in [-0.05, 0) is 84.3 Å². The molecule has 224 valence electrons. The van der Waals surface area contributed by atoms with Gasteiger partial charge < -0.3 is 9.88 Å². The van der Waals surface area contributed by atoms with Gasteiger partial charge in [-0.25, -0.2) is 0 Å². The lowest BCUT2D eigenvalue weighted by Gasteiger charge is -2.14. The van der Waals surface area contributed by atoms with Gasteiger partial charge in [-0.15, -0.1) is 0 Å². The Hall–Kier alpha value is -5.19. The van der Waals surface area contributed by atoms with Crippen LogP contribution in [-0.2, 0) is 19.4 Å². The Labute approximate surface area is 247 Å². The van der Waals surface area contributed by atoms with Gasteiger partial charge in [0.1, 0.15) is 0 Å². The lowest BCUT2D eigenvalue weighted by molar-refractivity contribution is -0.138. The van der Waals surface area contributed by atoms with Gasteiger partial charge in [-0.3, -0.25) is 14.6 Å². The predicted molar refractivity (Wildman–Crippen MR) is 157 cm³/mol. The summed E-state index contributed by atoms with van der Waals surface area (Å²) in [4.78, 5) is 30.6. The van der Waals surface area contributed by atoms with Gasteiger partial charge in [0, 0.05) is 35.4 Å². The largest absolute Gasteiger partial charge is 0.416 e. The second-order valence-corrected chi connectivity index (χ2v) is 10.1. The maximum Gasteiger partial charge on any atom is 0.416 e. The standard InChI is InChI=1S/C33H23F6N3O2/c1-19-6-12-26(41-30(43)21-4-3-5-24(14-21)33(37,38)39)16-27(19)28-15-22-18-40-25(17-29(22)42(2)31(28)44)13-9-20-7-10-23(11-8-20)32(34,35)36/h3-18H,1-2H3,(H,41,43)/b13-9+. The number of carbonyl (C=O) groups excluding carboxylic acids is 1. The number of anilines is 1. The zero-order chi connectivity index (χ0) is 31.8. The van der Waals surface area contributed by atoms with Crippen LogP contribution in [0.4, 0.5) is 32.0 Å². The van der Waals surface area contributed by atoms with E-state index in [4.69, 9.17) is 0 Å². The number of hydrogen-bond donors (Lipinski definition) is 1. The van der Waals surface area contributed by atoms with E-state index in [1.807, 2.05) is 0 Å². The Morgan fingerprint density at radius 1 is 0.818 bits per heavy atom. The van der Waals surface area contributed by atoms with Crippen LogP contribution in [-0.4, -0.2) is 15.5 Å². The van der Waals surface area contributed by atoms with Gasteiger partial charge in [0.2, 0.25) is 0 Å². The molecule has 2 heterocycles. The summed E-state index contributed by atoms with van der Waals surface area (Å²) in [6.07, 6.45) is -4.21. The van der Waals surface area contributed by atoms with E-state index in [1.165, 1.54) is 22.8 Å². The summed E-state index contributed by atoms with van der Waals surface area (Å²) in [7, 11) is 1.59. The summed E-state index contributed by atoms with van der Waals surface area (Å²) >= 11 is 0. The molecular formula is C33H23F6N3O2. The minimum atomic E-state index is -4.60. The molecule has 0 saturated carbocycles. The molecule has 0 bridgehead atoms. The summed E-state index contributed by atoms with van der Waals surface area (Å²) < 4.78 is 79.2. The van der Waals surface area contributed by atoms with Crippen LogP contribution in [0.25, 0.3) is 34.2 Å². The highest BCUT2D eigenvalue weighted by Gasteiger charge is 2.31. The molecule has 5 rings (SSSR count). The first-order valence-corrected chi connectivity index (χ1v) is 13.2. The van der Waals surface area contributed by atoms with Crippen molar-refractivity contribution in [1.29, 1.82) is 0 Å². The average molecular weight is 608 g/mol. The third-order valence-electron chi connectivity index (χ3n) is 7.05. The lowest BCUT2D eigenvalue weighted by atomic mass is 9.99. The van der Waals surface area contributed by atoms with E-state index in [2.05, 4.69) is 10.3 Å². The van der Waals surface area contributed by atoms with E-state index in [0.29, 0.717) is 33.3 Å². The quantitative estimate of drug-likeness (QED) is 0.204. The van der Waals surface area contributed by atoms with Crippen molar-refractivity contribution in [2.75, 3.05) is 5.32 Å². The number of aromatic nitrogens is 2. The summed E-state index contributed by atoms with van der Waals surface area (Å²) in [6, 6.07) is 17.0. The van der Waals surface area contributed by atoms with Crippen LogP contribution < -0.4 is 10.9 Å². The normalized spacial score (nSPS) is 12.2. The molecule has 1 amide bonds. The summed E-state index contributed by atoms with van der Waals surface area (Å²) in [5.74, 6) is -0.738. The molecule has 5 aromatic rings. The molecule has 0 atom stereocenters. The zero-order valence-electron chi connectivity index (χ0n) is 23.2. The highest BCUT2D eigenvalue weighted by molar-refractivity contribution is 6.04. The molecule has 0 aliphatic rings. The maximum absolute atomic E-state index is 13.5. The molecule has 1 N–H and O–H groups in total. The maximum atomic E-state index is 13.5. The van der Waals surface area contributed by atoms with Crippen LogP contribution >= 0.6 is 0 Å². The van der Waals surface area contributed by atoms with Crippen LogP contribution in [0.2, 0.25) is 0 Å². The fraction of sp³-hybridized carbons (Fsp3) is 0.121. The second-order valence-electron chi connectivity index (χ2n) is 10.1. The van der Waals surface area contributed by atoms with Crippen molar-refractivity contribution in [2.24, 2.45) is 7.05 Å². The van der Waals surface area contributed by atoms with Crippen LogP contribution in [0.15, 0.2) is 89.9 Å². The first kappa shape index (κ1) is 30.3. The molecule has 0 fully saturated rings. The fourth-order valence-electron chi connectivity index (χ4n) is 4.66. The number of alkyl halides is 6. The molecule has 44 heavy (non-hydrogen) atoms. The predicted octanol–water partition coefficient (Wildman–Crippen LogP) is 8.37. The number of hydrogen-bond acceptors (Lipinski definition) is 3. The first-order chi connectivity index (χ1) is 20.7. The van der Waals surface area contributed by atoms with Gasteiger partial charge in [0.05, 0.1) is 22.3 Å². The third kappa shape index (κ3) is 6.41. The lowest BCUT2D eigenvalue weighted by Crippen LogP contribution is -2.19. The smallest absolute Gasteiger partial charge is 0.322 e. The van der Waals surface area contributed by atoms with E-state index in [9.17, 15) is 35.9 Å². The summed E-state index contributed by atoms with van der Waals surface area (Å²) in [5, 5.41) is 3.23. The molecule has 0 aliphatic heterocycles. The Balaban J connectivity index is 1.43. The first-order valence-electron chi connectivity index (χ1n) is 13.2. The van der Waals surface area contributed by atoms with Crippen LogP contribution in [0.3, 0.4) is 0 Å². The Morgan fingerprint density at radius 2 is 1.52 bits per heavy atom. The molecule has 0 saturated heterocycles. The highest BCUT2D eigenvalue weighted by atomic mass is 19.4. The number of nitrogens with one attached hydrogen (secondary N) is 1. The van der Waals surface area contributed by atoms with Gasteiger partial charge >= 0.3 is 12.4 Å². The number of fused-ring (bicyclic) bond motifs is 1. The molecule has 11 heteroatoms. The molecule has 5 nitrogen and oxygen atoms in total. The number of nitrogens with zero attached hydrogens (tertiary/aromatic N) is 2. The van der Waals surface area contributed by atoms with Crippen LogP contribution in [0, 0.1) is 6.92 Å². The number of benzene rings is 3. The summed E-state index contributed by atoms with van der Waals surface area (Å²) in [5.41, 5.74) is 1.23. The molecular weight excluding hydrogens is 584 g/mol. The zero-order valence-corrected chi connectivity index (χ0v) is 23.2. The molecule has 0 spiro atoms. The van der Waals surface area contributed by atoms with E-state index >= 15 is 0 Å². The van der Waals surface area contributed by atoms with E-state index in [0.717, 1.165) is 35.9 Å². The van der Waals surface area contributed by atoms with Crippen molar-refractivity contribution < 1.29 is 31.1 Å². The number of amides is 1. The Kier molecular flexibility index (Phi) is 7.90. The number of pyridine rings is 2. The van der Waals surface area contributed by atoms with Gasteiger partial charge in [-0.1, -0.05) is 30.3 Å². The van der Waals surface area contributed by atoms with Crippen LogP contribution in [0.5, 0.6) is 0 Å². The summed E-state index contributed by atoms with van der Waals surface area (Å²) in [6.45, 7) is 1.78. The monoisotopic (exact) mass is 607 g/mol. The van der Waals surface area contributed by atoms with Crippen molar-refractivity contribution >= 4 is 34.6 Å². The van der Waals surface area contributed by atoms with Crippen molar-refractivity contribution in [3.05, 3.63) is 129 Å². The van der Waals surface area contributed by atoms with Crippen molar-refractivity contribution in [2.45, 2.75) is 19.3 Å². The van der Waals surface area contributed by atoms with Crippen molar-refractivity contribution in [1.82, 2.24) is 9.55 Å². The van der Waals surface area contributed by atoms with E-state index in [1.54, 1.807) is 62.7 Å². The van der Waals surface area contributed by atoms with E-state index < -0.39 is 29.4 Å². The molecule has 0 aliphatic carbocycles. The number of rotatable bonds is 5. The SMILES string of the molecule is Cc1ccc(NC(=O)c2cccc(C(F)(F)F)c2)cc1-c1cc2cnc(/C=C/c3ccc(C(F)(F)F)cc3)cc2n(C)c1=O. The Bertz CT molecular complexity index is 1970. The number of aryl methyl sites for hydroxylation is 2. The fourth-order valence-corrected chi connectivity index (χ4v) is 4.66. The van der Waals surface area contributed by atoms with E-state index in [-0.39, 0.29) is 16.8 Å². The average Bonchev–Trinajstić information content (AvgIpc) is 2.98. The van der Waals surface area contributed by atoms with Gasteiger partial charge in [0.25, 0.3) is 11.5 Å². The minimum Gasteiger partial charge on any atom is -0.322 e. The van der Waals surface area contributed by atoms with Crippen molar-refractivity contribution in [3.8, 4) is 11.1 Å².